The molecule has 1 aliphatic carbocycles. The van der Waals surface area contributed by atoms with Crippen LogP contribution in [-0.2, 0) is 9.53 Å². The van der Waals surface area contributed by atoms with Crippen LogP contribution in [-0.4, -0.2) is 37.7 Å². The number of rotatable bonds is 8. The van der Waals surface area contributed by atoms with E-state index in [0.717, 1.165) is 12.8 Å². The van der Waals surface area contributed by atoms with E-state index in [0.29, 0.717) is 30.3 Å². The summed E-state index contributed by atoms with van der Waals surface area (Å²) in [6.07, 6.45) is 4.98. The minimum atomic E-state index is -0.786. The van der Waals surface area contributed by atoms with Gasteiger partial charge in [-0.2, -0.15) is 0 Å². The Bertz CT molecular complexity index is 635. The zero-order valence-electron chi connectivity index (χ0n) is 14.1. The monoisotopic (exact) mass is 346 g/mol. The Morgan fingerprint density at radius 2 is 1.80 bits per heavy atom. The summed E-state index contributed by atoms with van der Waals surface area (Å²) in [5.41, 5.74) is 0.427. The standard InChI is InChI=1S/C18H22N2O5/c1-2-24-18(23)25-15-8-6-14(7-9-15)17(22)20-12-11-19-16(21)10-5-13-3-4-13/h5-10,13H,2-4,11-12H2,1H3,(H,19,21)(H,20,22)/b10-5+. The second-order valence-corrected chi connectivity index (χ2v) is 5.55. The number of benzene rings is 1. The van der Waals surface area contributed by atoms with Gasteiger partial charge in [-0.3, -0.25) is 9.59 Å². The van der Waals surface area contributed by atoms with Crippen molar-refractivity contribution < 1.29 is 23.9 Å². The highest BCUT2D eigenvalue weighted by molar-refractivity contribution is 5.94. The number of hydrogen-bond donors (Lipinski definition) is 2. The zero-order valence-corrected chi connectivity index (χ0v) is 14.1. The van der Waals surface area contributed by atoms with Crippen molar-refractivity contribution in [3.05, 3.63) is 42.0 Å². The van der Waals surface area contributed by atoms with E-state index in [-0.39, 0.29) is 18.4 Å². The van der Waals surface area contributed by atoms with Gasteiger partial charge in [0.1, 0.15) is 5.75 Å². The molecule has 1 fully saturated rings. The third-order valence-electron chi connectivity index (χ3n) is 3.43. The van der Waals surface area contributed by atoms with E-state index in [1.165, 1.54) is 12.1 Å². The highest BCUT2D eigenvalue weighted by Crippen LogP contribution is 2.29. The van der Waals surface area contributed by atoms with E-state index < -0.39 is 6.16 Å². The van der Waals surface area contributed by atoms with Gasteiger partial charge in [0.2, 0.25) is 5.91 Å². The highest BCUT2D eigenvalue weighted by atomic mass is 16.7. The number of carbonyl (C=O) groups excluding carboxylic acids is 3. The van der Waals surface area contributed by atoms with Gasteiger partial charge in [0, 0.05) is 18.7 Å². The van der Waals surface area contributed by atoms with E-state index in [2.05, 4.69) is 15.4 Å². The molecule has 2 rings (SSSR count). The molecular formula is C18H22N2O5. The Kier molecular flexibility index (Phi) is 7.00. The summed E-state index contributed by atoms with van der Waals surface area (Å²) in [5.74, 6) is 0.429. The van der Waals surface area contributed by atoms with Crippen molar-refractivity contribution in [1.82, 2.24) is 10.6 Å². The van der Waals surface area contributed by atoms with Crippen molar-refractivity contribution in [2.75, 3.05) is 19.7 Å². The summed E-state index contributed by atoms with van der Waals surface area (Å²) in [7, 11) is 0. The van der Waals surface area contributed by atoms with E-state index in [1.807, 2.05) is 6.08 Å². The number of amides is 2. The average Bonchev–Trinajstić information content (AvgIpc) is 3.42. The van der Waals surface area contributed by atoms with E-state index in [9.17, 15) is 14.4 Å². The van der Waals surface area contributed by atoms with Crippen LogP contribution >= 0.6 is 0 Å². The molecule has 0 bridgehead atoms. The molecular weight excluding hydrogens is 324 g/mol. The van der Waals surface area contributed by atoms with Gasteiger partial charge in [0.05, 0.1) is 6.61 Å². The molecule has 0 aromatic heterocycles. The molecule has 0 unspecified atom stereocenters. The van der Waals surface area contributed by atoms with E-state index >= 15 is 0 Å². The maximum absolute atomic E-state index is 12.0. The summed E-state index contributed by atoms with van der Waals surface area (Å²) in [6.45, 7) is 2.58. The molecule has 1 aromatic carbocycles. The second-order valence-electron chi connectivity index (χ2n) is 5.55. The highest BCUT2D eigenvalue weighted by Gasteiger charge is 2.17. The number of nitrogens with one attached hydrogen (secondary N) is 2. The van der Waals surface area contributed by atoms with Gasteiger partial charge >= 0.3 is 6.16 Å². The molecule has 25 heavy (non-hydrogen) atoms. The molecule has 0 radical (unpaired) electrons. The van der Waals surface area contributed by atoms with Gasteiger partial charge in [-0.1, -0.05) is 6.08 Å². The fourth-order valence-electron chi connectivity index (χ4n) is 1.95. The lowest BCUT2D eigenvalue weighted by atomic mass is 10.2. The first-order valence-corrected chi connectivity index (χ1v) is 8.27. The normalized spacial score (nSPS) is 13.3. The Balaban J connectivity index is 1.67. The van der Waals surface area contributed by atoms with Gasteiger partial charge in [-0.15, -0.1) is 0 Å². The number of allylic oxidation sites excluding steroid dienone is 1. The topological polar surface area (TPSA) is 93.7 Å². The molecule has 0 atom stereocenters. The number of carbonyl (C=O) groups is 3. The molecule has 134 valence electrons. The Morgan fingerprint density at radius 1 is 1.12 bits per heavy atom. The lowest BCUT2D eigenvalue weighted by Crippen LogP contribution is -2.34. The van der Waals surface area contributed by atoms with Crippen LogP contribution in [0, 0.1) is 5.92 Å². The Hall–Kier alpha value is -2.83. The van der Waals surface area contributed by atoms with Gasteiger partial charge < -0.3 is 20.1 Å². The third kappa shape index (κ3) is 7.07. The van der Waals surface area contributed by atoms with E-state index in [1.54, 1.807) is 25.1 Å². The van der Waals surface area contributed by atoms with Crippen molar-refractivity contribution in [2.45, 2.75) is 19.8 Å². The molecule has 1 aromatic rings. The molecule has 0 saturated heterocycles. The molecule has 7 nitrogen and oxygen atoms in total. The zero-order chi connectivity index (χ0) is 18.1. The molecule has 7 heteroatoms. The molecule has 2 amide bonds. The van der Waals surface area contributed by atoms with Crippen LogP contribution < -0.4 is 15.4 Å². The summed E-state index contributed by atoms with van der Waals surface area (Å²) in [4.78, 5) is 34.7. The van der Waals surface area contributed by atoms with Crippen LogP contribution in [0.25, 0.3) is 0 Å². The summed E-state index contributed by atoms with van der Waals surface area (Å²) < 4.78 is 9.57. The first kappa shape index (κ1) is 18.5. The van der Waals surface area contributed by atoms with Crippen molar-refractivity contribution in [1.29, 1.82) is 0 Å². The fraction of sp³-hybridized carbons (Fsp3) is 0.389. The summed E-state index contributed by atoms with van der Waals surface area (Å²) in [5, 5.41) is 5.41. The van der Waals surface area contributed by atoms with Gasteiger partial charge in [-0.25, -0.2) is 4.79 Å². The SMILES string of the molecule is CCOC(=O)Oc1ccc(C(=O)NCCNC(=O)/C=C/C2CC2)cc1. The van der Waals surface area contributed by atoms with Crippen molar-refractivity contribution in [2.24, 2.45) is 5.92 Å². The first-order valence-electron chi connectivity index (χ1n) is 8.27. The molecule has 2 N–H and O–H groups in total. The minimum absolute atomic E-state index is 0.151. The molecule has 0 aliphatic heterocycles. The Morgan fingerprint density at radius 3 is 2.44 bits per heavy atom. The van der Waals surface area contributed by atoms with Gasteiger partial charge in [-0.05, 0) is 56.0 Å². The molecule has 1 saturated carbocycles. The second kappa shape index (κ2) is 9.46. The van der Waals surface area contributed by atoms with Crippen LogP contribution in [0.1, 0.15) is 30.1 Å². The van der Waals surface area contributed by atoms with Crippen LogP contribution in [0.15, 0.2) is 36.4 Å². The fourth-order valence-corrected chi connectivity index (χ4v) is 1.95. The smallest absolute Gasteiger partial charge is 0.434 e. The predicted octanol–water partition coefficient (Wildman–Crippen LogP) is 2.03. The number of ether oxygens (including phenoxy) is 2. The van der Waals surface area contributed by atoms with Crippen LogP contribution in [0.4, 0.5) is 4.79 Å². The Labute approximate surface area is 146 Å². The number of hydrogen-bond acceptors (Lipinski definition) is 5. The van der Waals surface area contributed by atoms with Gasteiger partial charge in [0.25, 0.3) is 5.91 Å². The van der Waals surface area contributed by atoms with Crippen LogP contribution in [0.2, 0.25) is 0 Å². The maximum Gasteiger partial charge on any atom is 0.513 e. The minimum Gasteiger partial charge on any atom is -0.434 e. The van der Waals surface area contributed by atoms with E-state index in [4.69, 9.17) is 4.74 Å². The predicted molar refractivity (Wildman–Crippen MR) is 91.3 cm³/mol. The summed E-state index contributed by atoms with van der Waals surface area (Å²) in [6, 6.07) is 6.11. The first-order chi connectivity index (χ1) is 12.1. The molecule has 0 heterocycles. The van der Waals surface area contributed by atoms with Crippen molar-refractivity contribution in [3.63, 3.8) is 0 Å². The van der Waals surface area contributed by atoms with Crippen LogP contribution in [0.3, 0.4) is 0 Å². The average molecular weight is 346 g/mol. The van der Waals surface area contributed by atoms with Crippen LogP contribution in [0.5, 0.6) is 5.75 Å². The van der Waals surface area contributed by atoms with Crippen molar-refractivity contribution >= 4 is 18.0 Å². The molecule has 1 aliphatic rings. The maximum atomic E-state index is 12.0. The van der Waals surface area contributed by atoms with Gasteiger partial charge in [0.15, 0.2) is 0 Å². The third-order valence-corrected chi connectivity index (χ3v) is 3.43. The lowest BCUT2D eigenvalue weighted by molar-refractivity contribution is -0.116. The molecule has 0 spiro atoms. The largest absolute Gasteiger partial charge is 0.513 e. The quantitative estimate of drug-likeness (QED) is 0.325. The lowest BCUT2D eigenvalue weighted by Gasteiger charge is -2.07. The summed E-state index contributed by atoms with van der Waals surface area (Å²) >= 11 is 0. The van der Waals surface area contributed by atoms with Crippen molar-refractivity contribution in [3.8, 4) is 5.75 Å².